The largest absolute Gasteiger partial charge is 0.311 e. The number of allylic oxidation sites excluding steroid dienone is 4. The van der Waals surface area contributed by atoms with E-state index in [4.69, 9.17) is 0 Å². The Morgan fingerprint density at radius 1 is 0.228 bits per heavy atom. The van der Waals surface area contributed by atoms with Crippen LogP contribution in [0.1, 0.15) is 25.0 Å². The summed E-state index contributed by atoms with van der Waals surface area (Å²) in [4.78, 5) is 16.2. The average molecular weight is 1310 g/mol. The topological polar surface area (TPSA) is 22.7 Å². The van der Waals surface area contributed by atoms with Gasteiger partial charge in [-0.2, -0.15) is 0 Å². The van der Waals surface area contributed by atoms with Crippen molar-refractivity contribution in [1.29, 1.82) is 0 Å². The first-order chi connectivity index (χ1) is 49.7. The summed E-state index contributed by atoms with van der Waals surface area (Å²) >= 11 is 0. The first-order valence-corrected chi connectivity index (χ1v) is 34.4. The zero-order chi connectivity index (χ0) is 68.9. The molecule has 0 unspecified atom stereocenters. The van der Waals surface area contributed by atoms with Gasteiger partial charge in [0, 0.05) is 119 Å². The second-order valence-electron chi connectivity index (χ2n) is 25.0. The molecule has 0 amide bonds. The third kappa shape index (κ3) is 14.8. The zero-order valence-corrected chi connectivity index (χ0v) is 57.4. The quantitative estimate of drug-likeness (QED) is 0.0588. The molecular formula is C94H79N7. The molecule has 0 N–H and O–H groups in total. The molecule has 0 radical (unpaired) electrons. The van der Waals surface area contributed by atoms with Crippen molar-refractivity contribution in [3.8, 4) is 0 Å². The molecule has 0 aromatic heterocycles. The molecule has 7 heteroatoms. The Labute approximate surface area is 595 Å². The highest BCUT2D eigenvalue weighted by Crippen LogP contribution is 2.46. The van der Waals surface area contributed by atoms with Crippen molar-refractivity contribution < 1.29 is 0 Å². The van der Waals surface area contributed by atoms with E-state index in [2.05, 4.69) is 450 Å². The molecule has 0 aliphatic carbocycles. The molecular weight excluding hydrogens is 1230 g/mol. The van der Waals surface area contributed by atoms with Gasteiger partial charge in [-0.3, -0.25) is 0 Å². The molecule has 0 bridgehead atoms. The number of hydrogen-bond acceptors (Lipinski definition) is 7. The molecule has 0 spiro atoms. The minimum atomic E-state index is 0.872. The molecule has 14 aromatic carbocycles. The van der Waals surface area contributed by atoms with E-state index in [1.54, 1.807) is 0 Å². The van der Waals surface area contributed by atoms with Gasteiger partial charge in [-0.1, -0.05) is 152 Å². The number of para-hydroxylation sites is 6. The molecule has 0 fully saturated rings. The third-order valence-corrected chi connectivity index (χ3v) is 17.9. The smallest absolute Gasteiger partial charge is 0.0464 e. The van der Waals surface area contributed by atoms with Crippen LogP contribution < -0.4 is 34.3 Å². The number of hydrogen-bond donors (Lipinski definition) is 0. The summed E-state index contributed by atoms with van der Waals surface area (Å²) < 4.78 is 0. The lowest BCUT2D eigenvalue weighted by atomic mass is 10.1. The van der Waals surface area contributed by atoms with E-state index < -0.39 is 0 Å². The molecule has 0 heterocycles. The van der Waals surface area contributed by atoms with Crippen molar-refractivity contribution >= 4 is 114 Å². The minimum Gasteiger partial charge on any atom is -0.311 e. The van der Waals surface area contributed by atoms with Crippen LogP contribution in [0, 0.1) is 13.8 Å². The van der Waals surface area contributed by atoms with E-state index in [0.717, 1.165) is 125 Å². The Morgan fingerprint density at radius 2 is 0.406 bits per heavy atom. The maximum absolute atomic E-state index is 4.57. The monoisotopic (exact) mass is 1310 g/mol. The molecule has 0 saturated heterocycles. The molecule has 0 aliphatic heterocycles. The predicted octanol–water partition coefficient (Wildman–Crippen LogP) is 27.3. The SMILES string of the molecule is C=C(/C=C(C)\C=C/C)N(c1ccccc1)c1ccc(N(c2ccccc2)c2ccc(N(c3ccc(N(c4ccccc4)c4ccc(N(c5ccccc5)c5cccc(C)c5)cc4)cc3)c3ccc(N(c4ccccc4)c4ccc(N(c5ccccc5)c5cccc(C)c5)cc4)cc3)cc2)cc1. The van der Waals surface area contributed by atoms with Gasteiger partial charge in [0.25, 0.3) is 0 Å². The second kappa shape index (κ2) is 30.5. The summed E-state index contributed by atoms with van der Waals surface area (Å²) in [5, 5.41) is 0. The van der Waals surface area contributed by atoms with Crippen molar-refractivity contribution in [2.24, 2.45) is 0 Å². The van der Waals surface area contributed by atoms with E-state index in [9.17, 15) is 0 Å². The van der Waals surface area contributed by atoms with Crippen molar-refractivity contribution in [2.75, 3.05) is 34.3 Å². The van der Waals surface area contributed by atoms with Crippen molar-refractivity contribution in [1.82, 2.24) is 0 Å². The van der Waals surface area contributed by atoms with Crippen molar-refractivity contribution in [3.05, 3.63) is 423 Å². The summed E-state index contributed by atoms with van der Waals surface area (Å²) in [6, 6.07) is 134. The first kappa shape index (κ1) is 65.2. The highest BCUT2D eigenvalue weighted by molar-refractivity contribution is 5.88. The van der Waals surface area contributed by atoms with Gasteiger partial charge in [0.05, 0.1) is 0 Å². The summed E-state index contributed by atoms with van der Waals surface area (Å²) in [6.45, 7) is 13.0. The fourth-order valence-electron chi connectivity index (χ4n) is 13.3. The Morgan fingerprint density at radius 3 is 0.624 bits per heavy atom. The molecule has 0 saturated carbocycles. The van der Waals surface area contributed by atoms with Crippen LogP contribution in [0.2, 0.25) is 0 Å². The number of nitrogens with zero attached hydrogens (tertiary/aromatic N) is 7. The van der Waals surface area contributed by atoms with Crippen LogP contribution in [0.25, 0.3) is 0 Å². The summed E-state index contributed by atoms with van der Waals surface area (Å²) in [5.41, 5.74) is 25.3. The fourth-order valence-corrected chi connectivity index (χ4v) is 13.3. The number of benzene rings is 14. The third-order valence-electron chi connectivity index (χ3n) is 17.9. The van der Waals surface area contributed by atoms with Gasteiger partial charge in [0.2, 0.25) is 0 Å². The van der Waals surface area contributed by atoms with Crippen LogP contribution in [0.3, 0.4) is 0 Å². The summed E-state index contributed by atoms with van der Waals surface area (Å²) in [6.07, 6.45) is 6.29. The van der Waals surface area contributed by atoms with Crippen LogP contribution in [0.4, 0.5) is 114 Å². The van der Waals surface area contributed by atoms with Crippen LogP contribution in [-0.2, 0) is 0 Å². The lowest BCUT2D eigenvalue weighted by Crippen LogP contribution is -2.15. The van der Waals surface area contributed by atoms with Crippen LogP contribution in [0.5, 0.6) is 0 Å². The van der Waals surface area contributed by atoms with Crippen molar-refractivity contribution in [2.45, 2.75) is 27.7 Å². The van der Waals surface area contributed by atoms with Gasteiger partial charge in [-0.05, 0) is 293 Å². The van der Waals surface area contributed by atoms with E-state index in [0.29, 0.717) is 0 Å². The lowest BCUT2D eigenvalue weighted by Gasteiger charge is -2.31. The molecule has 7 nitrogen and oxygen atoms in total. The highest BCUT2D eigenvalue weighted by atomic mass is 15.2. The average Bonchev–Trinajstić information content (AvgIpc) is 0.794. The second-order valence-corrected chi connectivity index (χ2v) is 25.0. The van der Waals surface area contributed by atoms with Gasteiger partial charge in [-0.25, -0.2) is 0 Å². The fraction of sp³-hybridized carbons (Fsp3) is 0.0426. The Balaban J connectivity index is 0.843. The Kier molecular flexibility index (Phi) is 19.7. The molecule has 0 atom stereocenters. The van der Waals surface area contributed by atoms with E-state index >= 15 is 0 Å². The van der Waals surface area contributed by atoms with Gasteiger partial charge in [0.1, 0.15) is 0 Å². The van der Waals surface area contributed by atoms with Gasteiger partial charge in [0.15, 0.2) is 0 Å². The maximum Gasteiger partial charge on any atom is 0.0464 e. The number of aryl methyl sites for hydroxylation is 2. The maximum atomic E-state index is 4.57. The van der Waals surface area contributed by atoms with Gasteiger partial charge < -0.3 is 34.3 Å². The zero-order valence-electron chi connectivity index (χ0n) is 57.4. The first-order valence-electron chi connectivity index (χ1n) is 34.4. The van der Waals surface area contributed by atoms with Crippen LogP contribution in [0.15, 0.2) is 412 Å². The lowest BCUT2D eigenvalue weighted by molar-refractivity contribution is 1.20. The van der Waals surface area contributed by atoms with Crippen LogP contribution in [-0.4, -0.2) is 0 Å². The minimum absolute atomic E-state index is 0.872. The Hall–Kier alpha value is -13.1. The van der Waals surface area contributed by atoms with E-state index in [1.807, 2.05) is 13.0 Å². The summed E-state index contributed by atoms with van der Waals surface area (Å²) in [7, 11) is 0. The molecule has 101 heavy (non-hydrogen) atoms. The molecule has 14 aromatic rings. The van der Waals surface area contributed by atoms with Crippen molar-refractivity contribution in [3.63, 3.8) is 0 Å². The molecule has 0 aliphatic rings. The summed E-state index contributed by atoms with van der Waals surface area (Å²) in [5.74, 6) is 0. The Bertz CT molecular complexity index is 4850. The highest BCUT2D eigenvalue weighted by Gasteiger charge is 2.23. The van der Waals surface area contributed by atoms with Gasteiger partial charge in [-0.15, -0.1) is 0 Å². The van der Waals surface area contributed by atoms with E-state index in [-0.39, 0.29) is 0 Å². The standard InChI is InChI=1S/C94H79N7/c1-6-27-71(2)68-74(5)95(75-30-13-7-14-31-75)81-44-46-82(47-45-81)96(76-32-15-8-16-33-76)83-48-54-88(55-49-83)99(89-56-50-84(51-57-89)97(77-34-17-9-18-35-77)86-60-64-91(65-61-86)100(79-38-21-11-22-39-79)93-42-25-28-72(3)69-93)90-58-52-85(53-59-90)98(78-36-19-10-20-37-78)87-62-66-92(67-63-87)101(80-40-23-12-24-41-80)94-43-26-29-73(4)70-94/h6-70H,5H2,1-4H3/b27-6-,71-68-. The predicted molar refractivity (Wildman–Crippen MR) is 430 cm³/mol. The molecule has 490 valence electrons. The van der Waals surface area contributed by atoms with Gasteiger partial charge >= 0.3 is 0 Å². The van der Waals surface area contributed by atoms with Crippen LogP contribution >= 0.6 is 0 Å². The molecule has 14 rings (SSSR count). The van der Waals surface area contributed by atoms with E-state index in [1.165, 1.54) is 11.1 Å². The normalized spacial score (nSPS) is 11.2. The number of anilines is 20. The number of rotatable bonds is 23.